The minimum atomic E-state index is -3.91. The number of hydrogen-bond acceptors (Lipinski definition) is 4. The van der Waals surface area contributed by atoms with Crippen molar-refractivity contribution in [3.63, 3.8) is 0 Å². The maximum atomic E-state index is 13.7. The number of aromatic nitrogens is 1. The predicted octanol–water partition coefficient (Wildman–Crippen LogP) is 6.57. The van der Waals surface area contributed by atoms with E-state index in [1.807, 2.05) is 46.8 Å². The molecule has 6 nitrogen and oxygen atoms in total. The number of carbonyl (C=O) groups is 1. The maximum Gasteiger partial charge on any atom is 0.352 e. The summed E-state index contributed by atoms with van der Waals surface area (Å²) in [4.78, 5) is 12.7. The van der Waals surface area contributed by atoms with E-state index in [0.29, 0.717) is 48.0 Å². The van der Waals surface area contributed by atoms with Gasteiger partial charge in [-0.25, -0.2) is 13.2 Å². The van der Waals surface area contributed by atoms with Crippen LogP contribution >= 0.6 is 11.6 Å². The first kappa shape index (κ1) is 27.8. The van der Waals surface area contributed by atoms with E-state index in [1.54, 1.807) is 35.8 Å². The minimum Gasteiger partial charge on any atom is -0.494 e. The Balaban J connectivity index is 1.97. The Bertz CT molecular complexity index is 1350. The number of nitrogens with zero attached hydrogens (tertiary/aromatic N) is 1. The number of ether oxygens (including phenoxy) is 1. The van der Waals surface area contributed by atoms with Gasteiger partial charge in [-0.05, 0) is 81.8 Å². The number of aryl methyl sites for hydroxylation is 3. The zero-order chi connectivity index (χ0) is 26.8. The van der Waals surface area contributed by atoms with Crippen molar-refractivity contribution in [1.29, 1.82) is 0 Å². The Morgan fingerprint density at radius 3 is 2.17 bits per heavy atom. The van der Waals surface area contributed by atoms with Gasteiger partial charge >= 0.3 is 5.97 Å². The fourth-order valence-corrected chi connectivity index (χ4v) is 6.34. The summed E-state index contributed by atoms with van der Waals surface area (Å²) in [6.45, 7) is 12.0. The van der Waals surface area contributed by atoms with E-state index < -0.39 is 15.8 Å². The van der Waals surface area contributed by atoms with Crippen molar-refractivity contribution in [3.8, 4) is 5.75 Å². The summed E-state index contributed by atoms with van der Waals surface area (Å²) >= 11 is 6.23. The molecule has 0 amide bonds. The van der Waals surface area contributed by atoms with Gasteiger partial charge < -0.3 is 14.4 Å². The predicted molar refractivity (Wildman–Crippen MR) is 142 cm³/mol. The van der Waals surface area contributed by atoms with Crippen LogP contribution in [0.3, 0.4) is 0 Å². The molecule has 1 heterocycles. The summed E-state index contributed by atoms with van der Waals surface area (Å²) < 4.78 is 35.0. The van der Waals surface area contributed by atoms with Gasteiger partial charge in [-0.15, -0.1) is 0 Å². The van der Waals surface area contributed by atoms with Crippen LogP contribution in [0.1, 0.15) is 58.7 Å². The lowest BCUT2D eigenvalue weighted by Gasteiger charge is -2.13. The molecule has 0 saturated heterocycles. The van der Waals surface area contributed by atoms with Crippen molar-refractivity contribution in [3.05, 3.63) is 75.1 Å². The van der Waals surface area contributed by atoms with Gasteiger partial charge in [-0.3, -0.25) is 0 Å². The number of rotatable bonds is 10. The Morgan fingerprint density at radius 1 is 1.06 bits per heavy atom. The Hall–Kier alpha value is -2.77. The lowest BCUT2D eigenvalue weighted by atomic mass is 10.0. The van der Waals surface area contributed by atoms with Gasteiger partial charge in [0.2, 0.25) is 9.84 Å². The molecule has 3 aromatic rings. The standard InChI is InChI=1S/C28H34ClNO5S/c1-17(2)14-24-26(28(31)32)30(12-7-13-35-22-15-19(4)25(29)20(5)16-22)21(6)27(24)36(33,34)23-10-8-18(3)9-11-23/h8-11,15-17H,7,12-14H2,1-6H3,(H,31,32). The van der Waals surface area contributed by atoms with E-state index in [4.69, 9.17) is 16.3 Å². The van der Waals surface area contributed by atoms with Crippen molar-refractivity contribution < 1.29 is 23.1 Å². The molecule has 0 radical (unpaired) electrons. The van der Waals surface area contributed by atoms with E-state index in [9.17, 15) is 18.3 Å². The fourth-order valence-electron chi connectivity index (χ4n) is 4.49. The monoisotopic (exact) mass is 531 g/mol. The van der Waals surface area contributed by atoms with Crippen LogP contribution in [0.15, 0.2) is 46.2 Å². The van der Waals surface area contributed by atoms with Crippen molar-refractivity contribution in [2.45, 2.75) is 70.7 Å². The van der Waals surface area contributed by atoms with Gasteiger partial charge in [0.15, 0.2) is 0 Å². The summed E-state index contributed by atoms with van der Waals surface area (Å²) in [5.74, 6) is -0.366. The largest absolute Gasteiger partial charge is 0.494 e. The molecule has 3 rings (SSSR count). The normalized spacial score (nSPS) is 11.8. The molecule has 0 fully saturated rings. The van der Waals surface area contributed by atoms with Gasteiger partial charge in [-0.1, -0.05) is 43.1 Å². The number of sulfone groups is 1. The smallest absolute Gasteiger partial charge is 0.352 e. The van der Waals surface area contributed by atoms with E-state index in [0.717, 1.165) is 16.7 Å². The highest BCUT2D eigenvalue weighted by Gasteiger charge is 2.33. The minimum absolute atomic E-state index is 0.0325. The number of halogens is 1. The number of benzene rings is 2. The van der Waals surface area contributed by atoms with Crippen LogP contribution in [0.2, 0.25) is 5.02 Å². The lowest BCUT2D eigenvalue weighted by Crippen LogP contribution is -2.14. The summed E-state index contributed by atoms with van der Waals surface area (Å²) in [7, 11) is -3.91. The van der Waals surface area contributed by atoms with E-state index in [1.165, 1.54) is 0 Å². The maximum absolute atomic E-state index is 13.7. The third kappa shape index (κ3) is 5.79. The molecule has 0 aliphatic heterocycles. The molecule has 0 unspecified atom stereocenters. The highest BCUT2D eigenvalue weighted by molar-refractivity contribution is 7.91. The molecule has 0 aliphatic rings. The fraction of sp³-hybridized carbons (Fsp3) is 0.393. The Labute approximate surface area is 218 Å². The number of carboxylic acid groups (broad SMARTS) is 1. The molecule has 8 heteroatoms. The van der Waals surface area contributed by atoms with Crippen molar-refractivity contribution in [1.82, 2.24) is 4.57 Å². The van der Waals surface area contributed by atoms with Gasteiger partial charge in [0.1, 0.15) is 11.4 Å². The van der Waals surface area contributed by atoms with E-state index >= 15 is 0 Å². The molecular weight excluding hydrogens is 498 g/mol. The second kappa shape index (κ2) is 11.1. The van der Waals surface area contributed by atoms with Crippen LogP contribution in [-0.4, -0.2) is 30.7 Å². The summed E-state index contributed by atoms with van der Waals surface area (Å²) in [5, 5.41) is 10.8. The van der Waals surface area contributed by atoms with Crippen LogP contribution in [0, 0.1) is 33.6 Å². The molecule has 0 atom stereocenters. The molecule has 1 N–H and O–H groups in total. The Kier molecular flexibility index (Phi) is 8.57. The van der Waals surface area contributed by atoms with Crippen LogP contribution in [-0.2, 0) is 22.8 Å². The molecule has 2 aromatic carbocycles. The highest BCUT2D eigenvalue weighted by Crippen LogP contribution is 2.34. The first-order chi connectivity index (χ1) is 16.8. The quantitative estimate of drug-likeness (QED) is 0.299. The molecule has 0 saturated carbocycles. The highest BCUT2D eigenvalue weighted by atomic mass is 35.5. The van der Waals surface area contributed by atoms with Crippen LogP contribution in [0.4, 0.5) is 0 Å². The first-order valence-corrected chi connectivity index (χ1v) is 13.9. The number of hydrogen-bond donors (Lipinski definition) is 1. The van der Waals surface area contributed by atoms with E-state index in [-0.39, 0.29) is 21.4 Å². The van der Waals surface area contributed by atoms with Crippen molar-refractivity contribution in [2.75, 3.05) is 6.61 Å². The third-order valence-electron chi connectivity index (χ3n) is 6.18. The van der Waals surface area contributed by atoms with Crippen molar-refractivity contribution in [2.24, 2.45) is 5.92 Å². The molecule has 0 aliphatic carbocycles. The first-order valence-electron chi connectivity index (χ1n) is 12.0. The zero-order valence-corrected chi connectivity index (χ0v) is 23.3. The average Bonchev–Trinajstić information content (AvgIpc) is 3.06. The van der Waals surface area contributed by atoms with Crippen LogP contribution < -0.4 is 4.74 Å². The van der Waals surface area contributed by atoms with Gasteiger partial charge in [-0.2, -0.15) is 0 Å². The summed E-state index contributed by atoms with van der Waals surface area (Å²) in [5.41, 5.74) is 3.62. The molecule has 1 aromatic heterocycles. The van der Waals surface area contributed by atoms with Gasteiger partial charge in [0.25, 0.3) is 0 Å². The SMILES string of the molecule is Cc1ccc(S(=O)(=O)c2c(CC(C)C)c(C(=O)O)n(CCCOc3cc(C)c(Cl)c(C)c3)c2C)cc1. The van der Waals surface area contributed by atoms with Crippen LogP contribution in [0.25, 0.3) is 0 Å². The average molecular weight is 532 g/mol. The molecular formula is C28H34ClNO5S. The topological polar surface area (TPSA) is 85.6 Å². The zero-order valence-electron chi connectivity index (χ0n) is 21.7. The Morgan fingerprint density at radius 2 is 1.64 bits per heavy atom. The van der Waals surface area contributed by atoms with E-state index in [2.05, 4.69) is 0 Å². The third-order valence-corrected chi connectivity index (χ3v) is 8.75. The number of aromatic carboxylic acids is 1. The number of carboxylic acids is 1. The molecule has 36 heavy (non-hydrogen) atoms. The second-order valence-electron chi connectivity index (χ2n) is 9.69. The molecule has 0 bridgehead atoms. The lowest BCUT2D eigenvalue weighted by molar-refractivity contribution is 0.0682. The summed E-state index contributed by atoms with van der Waals surface area (Å²) in [6.07, 6.45) is 0.845. The van der Waals surface area contributed by atoms with Crippen molar-refractivity contribution >= 4 is 27.4 Å². The van der Waals surface area contributed by atoms with Gasteiger partial charge in [0, 0.05) is 22.8 Å². The molecule has 194 valence electrons. The summed E-state index contributed by atoms with van der Waals surface area (Å²) in [6, 6.07) is 10.4. The molecule has 0 spiro atoms. The second-order valence-corrected chi connectivity index (χ2v) is 12.0. The van der Waals surface area contributed by atoms with Gasteiger partial charge in [0.05, 0.1) is 16.4 Å². The van der Waals surface area contributed by atoms with Crippen LogP contribution in [0.5, 0.6) is 5.75 Å².